The van der Waals surface area contributed by atoms with Crippen LogP contribution in [-0.2, 0) is 6.54 Å². The molecule has 0 radical (unpaired) electrons. The molecule has 0 spiro atoms. The number of aromatic nitrogens is 2. The highest BCUT2D eigenvalue weighted by Crippen LogP contribution is 2.18. The second-order valence-corrected chi connectivity index (χ2v) is 4.78. The molecule has 0 saturated carbocycles. The predicted octanol–water partition coefficient (Wildman–Crippen LogP) is 2.12. The molecule has 1 N–H and O–H groups in total. The minimum atomic E-state index is -0.605. The second-order valence-electron chi connectivity index (χ2n) is 4.78. The summed E-state index contributed by atoms with van der Waals surface area (Å²) in [5, 5.41) is 11.5. The van der Waals surface area contributed by atoms with Crippen LogP contribution >= 0.6 is 0 Å². The van der Waals surface area contributed by atoms with Crippen molar-refractivity contribution in [1.29, 1.82) is 0 Å². The van der Waals surface area contributed by atoms with Gasteiger partial charge in [-0.3, -0.25) is 19.7 Å². The van der Waals surface area contributed by atoms with Crippen molar-refractivity contribution in [3.8, 4) is 0 Å². The number of carbonyl (C=O) groups is 1. The highest BCUT2D eigenvalue weighted by Gasteiger charge is 2.15. The van der Waals surface area contributed by atoms with Crippen LogP contribution in [0.15, 0.2) is 53.6 Å². The number of hydrogen-bond acceptors (Lipinski definition) is 4. The SMILES string of the molecule is O=C(Cn1cc([N+](=O)[O-])ccc1=O)c1c[nH]c2ccccc12. The number of H-pyrrole nitrogens is 1. The molecule has 22 heavy (non-hydrogen) atoms. The standard InChI is InChI=1S/C15H11N3O4/c19-14(12-7-16-13-4-2-1-3-11(12)13)9-17-8-10(18(21)22)5-6-15(17)20/h1-8,16H,9H2. The number of nitrogens with one attached hydrogen (secondary N) is 1. The molecule has 7 nitrogen and oxygen atoms in total. The van der Waals surface area contributed by atoms with Gasteiger partial charge in [-0.25, -0.2) is 0 Å². The summed E-state index contributed by atoms with van der Waals surface area (Å²) in [6.07, 6.45) is 2.66. The molecular weight excluding hydrogens is 286 g/mol. The molecule has 0 saturated heterocycles. The number of ketones is 1. The molecule has 2 heterocycles. The summed E-state index contributed by atoms with van der Waals surface area (Å²) in [5.74, 6) is -0.292. The van der Waals surface area contributed by atoms with E-state index in [1.165, 1.54) is 0 Å². The number of fused-ring (bicyclic) bond motifs is 1. The largest absolute Gasteiger partial charge is 0.360 e. The zero-order valence-electron chi connectivity index (χ0n) is 11.4. The molecule has 7 heteroatoms. The van der Waals surface area contributed by atoms with Crippen molar-refractivity contribution in [1.82, 2.24) is 9.55 Å². The molecule has 0 aliphatic heterocycles. The Kier molecular flexibility index (Phi) is 3.30. The van der Waals surface area contributed by atoms with Crippen LogP contribution in [0.25, 0.3) is 10.9 Å². The van der Waals surface area contributed by atoms with Crippen molar-refractivity contribution >= 4 is 22.4 Å². The van der Waals surface area contributed by atoms with Crippen molar-refractivity contribution in [2.75, 3.05) is 0 Å². The van der Waals surface area contributed by atoms with Crippen LogP contribution < -0.4 is 5.56 Å². The van der Waals surface area contributed by atoms with E-state index in [0.29, 0.717) is 5.56 Å². The fourth-order valence-corrected chi connectivity index (χ4v) is 2.29. The molecule has 0 amide bonds. The van der Waals surface area contributed by atoms with Gasteiger partial charge in [-0.2, -0.15) is 0 Å². The van der Waals surface area contributed by atoms with Crippen molar-refractivity contribution in [3.05, 3.63) is 74.8 Å². The Morgan fingerprint density at radius 2 is 2.00 bits per heavy atom. The Hall–Kier alpha value is -3.22. The number of para-hydroxylation sites is 1. The predicted molar refractivity (Wildman–Crippen MR) is 80.0 cm³/mol. The van der Waals surface area contributed by atoms with Gasteiger partial charge in [0.2, 0.25) is 0 Å². The summed E-state index contributed by atoms with van der Waals surface area (Å²) < 4.78 is 1.04. The number of pyridine rings is 1. The summed E-state index contributed by atoms with van der Waals surface area (Å²) >= 11 is 0. The first-order valence-electron chi connectivity index (χ1n) is 6.50. The lowest BCUT2D eigenvalue weighted by atomic mass is 10.1. The third-order valence-corrected chi connectivity index (χ3v) is 3.38. The first-order valence-corrected chi connectivity index (χ1v) is 6.50. The quantitative estimate of drug-likeness (QED) is 0.453. The van der Waals surface area contributed by atoms with E-state index in [2.05, 4.69) is 4.98 Å². The number of aromatic amines is 1. The van der Waals surface area contributed by atoms with Crippen LogP contribution in [0.2, 0.25) is 0 Å². The Morgan fingerprint density at radius 1 is 1.23 bits per heavy atom. The number of nitro groups is 1. The van der Waals surface area contributed by atoms with Gasteiger partial charge in [0.15, 0.2) is 5.78 Å². The van der Waals surface area contributed by atoms with E-state index < -0.39 is 10.5 Å². The summed E-state index contributed by atoms with van der Waals surface area (Å²) in [6.45, 7) is -0.248. The van der Waals surface area contributed by atoms with Crippen LogP contribution in [-0.4, -0.2) is 20.3 Å². The lowest BCUT2D eigenvalue weighted by molar-refractivity contribution is -0.385. The highest BCUT2D eigenvalue weighted by molar-refractivity contribution is 6.07. The van der Waals surface area contributed by atoms with E-state index in [0.717, 1.165) is 33.8 Å². The Balaban J connectivity index is 1.96. The van der Waals surface area contributed by atoms with Gasteiger partial charge >= 0.3 is 0 Å². The summed E-state index contributed by atoms with van der Waals surface area (Å²) in [4.78, 5) is 37.2. The molecule has 0 aliphatic rings. The molecule has 2 aromatic heterocycles. The van der Waals surface area contributed by atoms with Gasteiger partial charge in [0.05, 0.1) is 17.7 Å². The number of rotatable bonds is 4. The van der Waals surface area contributed by atoms with Crippen LogP contribution in [0.5, 0.6) is 0 Å². The van der Waals surface area contributed by atoms with E-state index >= 15 is 0 Å². The minimum absolute atomic E-state index is 0.230. The normalized spacial score (nSPS) is 10.7. The number of hydrogen-bond donors (Lipinski definition) is 1. The van der Waals surface area contributed by atoms with Crippen molar-refractivity contribution < 1.29 is 9.72 Å². The van der Waals surface area contributed by atoms with Gasteiger partial charge in [0.25, 0.3) is 11.2 Å². The average molecular weight is 297 g/mol. The van der Waals surface area contributed by atoms with Gasteiger partial charge in [0, 0.05) is 34.8 Å². The topological polar surface area (TPSA) is 98.0 Å². The van der Waals surface area contributed by atoms with E-state index in [1.54, 1.807) is 12.3 Å². The fourth-order valence-electron chi connectivity index (χ4n) is 2.29. The summed E-state index contributed by atoms with van der Waals surface area (Å²) in [5.41, 5.74) is 0.580. The first-order chi connectivity index (χ1) is 10.6. The Morgan fingerprint density at radius 3 is 2.77 bits per heavy atom. The molecule has 0 fully saturated rings. The molecule has 0 bridgehead atoms. The van der Waals surface area contributed by atoms with Gasteiger partial charge in [0.1, 0.15) is 0 Å². The number of nitrogens with zero attached hydrogens (tertiary/aromatic N) is 2. The van der Waals surface area contributed by atoms with Crippen molar-refractivity contribution in [2.24, 2.45) is 0 Å². The number of carbonyl (C=O) groups excluding carboxylic acids is 1. The third-order valence-electron chi connectivity index (χ3n) is 3.38. The molecule has 1 aromatic carbocycles. The molecule has 0 aliphatic carbocycles. The van der Waals surface area contributed by atoms with Crippen LogP contribution in [0, 0.1) is 10.1 Å². The van der Waals surface area contributed by atoms with Crippen LogP contribution in [0.3, 0.4) is 0 Å². The van der Waals surface area contributed by atoms with Gasteiger partial charge in [-0.05, 0) is 6.07 Å². The maximum Gasteiger partial charge on any atom is 0.285 e. The van der Waals surface area contributed by atoms with E-state index in [9.17, 15) is 19.7 Å². The average Bonchev–Trinajstić information content (AvgIpc) is 2.93. The van der Waals surface area contributed by atoms with Crippen LogP contribution in [0.1, 0.15) is 10.4 Å². The zero-order chi connectivity index (χ0) is 15.7. The Labute approximate surface area is 124 Å². The van der Waals surface area contributed by atoms with Gasteiger partial charge in [-0.1, -0.05) is 18.2 Å². The van der Waals surface area contributed by atoms with E-state index in [1.807, 2.05) is 18.2 Å². The van der Waals surface area contributed by atoms with E-state index in [-0.39, 0.29) is 18.0 Å². The lowest BCUT2D eigenvalue weighted by Crippen LogP contribution is -2.23. The maximum atomic E-state index is 12.4. The van der Waals surface area contributed by atoms with Gasteiger partial charge < -0.3 is 9.55 Å². The lowest BCUT2D eigenvalue weighted by Gasteiger charge is -2.04. The molecule has 110 valence electrons. The fraction of sp³-hybridized carbons (Fsp3) is 0.0667. The van der Waals surface area contributed by atoms with Crippen molar-refractivity contribution in [2.45, 2.75) is 6.54 Å². The highest BCUT2D eigenvalue weighted by atomic mass is 16.6. The molecule has 0 unspecified atom stereocenters. The smallest absolute Gasteiger partial charge is 0.285 e. The van der Waals surface area contributed by atoms with Crippen LogP contribution in [0.4, 0.5) is 5.69 Å². The maximum absolute atomic E-state index is 12.4. The molecule has 3 aromatic rings. The number of Topliss-reactive ketones (excluding diaryl/α,β-unsaturated/α-hetero) is 1. The molecule has 3 rings (SSSR count). The Bertz CT molecular complexity index is 939. The third kappa shape index (κ3) is 2.39. The van der Waals surface area contributed by atoms with Gasteiger partial charge in [-0.15, -0.1) is 0 Å². The monoisotopic (exact) mass is 297 g/mol. The number of benzene rings is 1. The second kappa shape index (κ2) is 5.28. The molecule has 0 atom stereocenters. The van der Waals surface area contributed by atoms with E-state index in [4.69, 9.17) is 0 Å². The zero-order valence-corrected chi connectivity index (χ0v) is 11.4. The summed E-state index contributed by atoms with van der Waals surface area (Å²) in [7, 11) is 0. The van der Waals surface area contributed by atoms with Crippen molar-refractivity contribution in [3.63, 3.8) is 0 Å². The first kappa shape index (κ1) is 13.7. The molecular formula is C15H11N3O4. The minimum Gasteiger partial charge on any atom is -0.360 e. The summed E-state index contributed by atoms with van der Waals surface area (Å²) in [6, 6.07) is 9.50.